The van der Waals surface area contributed by atoms with E-state index in [2.05, 4.69) is 9.97 Å². The molecule has 0 aliphatic carbocycles. The van der Waals surface area contributed by atoms with Crippen molar-refractivity contribution in [3.63, 3.8) is 0 Å². The molecule has 0 radical (unpaired) electrons. The predicted octanol–water partition coefficient (Wildman–Crippen LogP) is 4.64. The van der Waals surface area contributed by atoms with Crippen LogP contribution in [0, 0.1) is 0 Å². The lowest BCUT2D eigenvalue weighted by molar-refractivity contribution is -0.115. The molecule has 5 nitrogen and oxygen atoms in total. The van der Waals surface area contributed by atoms with Crippen molar-refractivity contribution >= 4 is 28.1 Å². The van der Waals surface area contributed by atoms with E-state index in [-0.39, 0.29) is 23.7 Å². The first-order valence-corrected chi connectivity index (χ1v) is 8.87. The second kappa shape index (κ2) is 7.80. The maximum absolute atomic E-state index is 13.0. The summed E-state index contributed by atoms with van der Waals surface area (Å²) in [6.45, 7) is -0.215. The number of carbonyl (C=O) groups excluding carboxylic acids is 1. The molecular formula is C23H18N2O3. The van der Waals surface area contributed by atoms with Gasteiger partial charge in [-0.15, -0.1) is 0 Å². The fraction of sp³-hybridized carbons (Fsp3) is 0.0435. The number of benzene rings is 3. The third-order valence-corrected chi connectivity index (χ3v) is 4.30. The largest absolute Gasteiger partial charge is 0.506 e. The normalized spacial score (nSPS) is 11.9. The Morgan fingerprint density at radius 1 is 0.893 bits per heavy atom. The number of H-pyrrole nitrogens is 1. The maximum Gasteiger partial charge on any atom is 0.207 e. The lowest BCUT2D eigenvalue weighted by Gasteiger charge is -2.10. The number of aliphatic hydroxyl groups is 1. The Hall–Kier alpha value is -3.86. The summed E-state index contributed by atoms with van der Waals surface area (Å²) in [6, 6.07) is 25.5. The number of aromatic amines is 1. The van der Waals surface area contributed by atoms with Crippen molar-refractivity contribution in [2.24, 2.45) is 0 Å². The summed E-state index contributed by atoms with van der Waals surface area (Å²) in [7, 11) is 0. The van der Waals surface area contributed by atoms with Crippen LogP contribution in [0.5, 0.6) is 5.75 Å². The smallest absolute Gasteiger partial charge is 0.207 e. The second-order valence-corrected chi connectivity index (χ2v) is 6.22. The van der Waals surface area contributed by atoms with Crippen LogP contribution in [0.3, 0.4) is 0 Å². The Labute approximate surface area is 161 Å². The quantitative estimate of drug-likeness (QED) is 0.383. The Morgan fingerprint density at radius 2 is 1.54 bits per heavy atom. The minimum atomic E-state index is -0.371. The molecular weight excluding hydrogens is 352 g/mol. The van der Waals surface area contributed by atoms with Gasteiger partial charge in [-0.1, -0.05) is 60.7 Å². The fourth-order valence-corrected chi connectivity index (χ4v) is 2.93. The van der Waals surface area contributed by atoms with Gasteiger partial charge in [-0.3, -0.25) is 4.79 Å². The molecule has 0 saturated heterocycles. The number of hydrogen-bond donors (Lipinski definition) is 2. The molecule has 0 unspecified atom stereocenters. The van der Waals surface area contributed by atoms with E-state index in [9.17, 15) is 9.90 Å². The molecule has 1 heterocycles. The number of aliphatic hydroxyl groups excluding tert-OH is 1. The van der Waals surface area contributed by atoms with Crippen LogP contribution in [-0.2, 0) is 4.79 Å². The van der Waals surface area contributed by atoms with E-state index in [0.717, 1.165) is 5.52 Å². The Morgan fingerprint density at radius 3 is 2.25 bits per heavy atom. The highest BCUT2D eigenvalue weighted by Gasteiger charge is 2.22. The van der Waals surface area contributed by atoms with Crippen LogP contribution >= 0.6 is 0 Å². The van der Waals surface area contributed by atoms with E-state index in [4.69, 9.17) is 4.74 Å². The summed E-state index contributed by atoms with van der Waals surface area (Å²) in [4.78, 5) is 20.6. The van der Waals surface area contributed by atoms with Gasteiger partial charge in [-0.25, -0.2) is 4.98 Å². The first kappa shape index (κ1) is 17.5. The fourth-order valence-electron chi connectivity index (χ4n) is 2.93. The maximum atomic E-state index is 13.0. The van der Waals surface area contributed by atoms with Crippen LogP contribution < -0.4 is 4.74 Å². The van der Waals surface area contributed by atoms with Crippen molar-refractivity contribution in [1.29, 1.82) is 0 Å². The number of nitrogens with one attached hydrogen (secondary N) is 1. The molecule has 28 heavy (non-hydrogen) atoms. The van der Waals surface area contributed by atoms with Crippen LogP contribution in [-0.4, -0.2) is 27.5 Å². The third-order valence-electron chi connectivity index (χ3n) is 4.30. The van der Waals surface area contributed by atoms with E-state index >= 15 is 0 Å². The molecule has 0 saturated carbocycles. The van der Waals surface area contributed by atoms with Crippen LogP contribution in [0.2, 0.25) is 0 Å². The highest BCUT2D eigenvalue weighted by atomic mass is 16.5. The van der Waals surface area contributed by atoms with Crippen molar-refractivity contribution < 1.29 is 14.6 Å². The van der Waals surface area contributed by atoms with Gasteiger partial charge in [-0.2, -0.15) is 0 Å². The van der Waals surface area contributed by atoms with Crippen LogP contribution in [0.1, 0.15) is 11.4 Å². The number of Topliss-reactive ketones (excluding diaryl/α,β-unsaturated/α-hetero) is 1. The summed E-state index contributed by atoms with van der Waals surface area (Å²) in [6.07, 6.45) is 0. The van der Waals surface area contributed by atoms with Crippen molar-refractivity contribution in [3.8, 4) is 5.75 Å². The molecule has 1 aromatic heterocycles. The molecule has 3 aromatic carbocycles. The average molecular weight is 370 g/mol. The monoisotopic (exact) mass is 370 g/mol. The van der Waals surface area contributed by atoms with Gasteiger partial charge in [0.05, 0.1) is 11.0 Å². The van der Waals surface area contributed by atoms with E-state index in [1.807, 2.05) is 48.5 Å². The van der Waals surface area contributed by atoms with E-state index in [1.54, 1.807) is 36.4 Å². The first-order chi connectivity index (χ1) is 13.7. The SMILES string of the molecule is O=C(COc1ccccc1)/C(=C(\O)c1ccccc1)c1nc2ccccc2[nH]1. The minimum Gasteiger partial charge on any atom is -0.506 e. The molecule has 0 fully saturated rings. The van der Waals surface area contributed by atoms with E-state index in [0.29, 0.717) is 22.7 Å². The van der Waals surface area contributed by atoms with Crippen LogP contribution in [0.25, 0.3) is 22.4 Å². The summed E-state index contributed by atoms with van der Waals surface area (Å²) in [5.41, 5.74) is 2.13. The van der Waals surface area contributed by atoms with Crippen molar-refractivity contribution in [1.82, 2.24) is 9.97 Å². The third kappa shape index (κ3) is 3.64. The average Bonchev–Trinajstić information content (AvgIpc) is 3.17. The number of rotatable bonds is 6. The number of nitrogens with zero attached hydrogens (tertiary/aromatic N) is 1. The predicted molar refractivity (Wildman–Crippen MR) is 109 cm³/mol. The number of aromatic nitrogens is 2. The minimum absolute atomic E-state index is 0.0957. The lowest BCUT2D eigenvalue weighted by Crippen LogP contribution is -2.15. The molecule has 138 valence electrons. The summed E-state index contributed by atoms with van der Waals surface area (Å²) in [5.74, 6) is 0.383. The van der Waals surface area contributed by atoms with Gasteiger partial charge in [0.1, 0.15) is 22.9 Å². The Balaban J connectivity index is 1.74. The highest BCUT2D eigenvalue weighted by Crippen LogP contribution is 2.26. The molecule has 2 N–H and O–H groups in total. The molecule has 4 rings (SSSR count). The molecule has 4 aromatic rings. The molecule has 0 spiro atoms. The Kier molecular flexibility index (Phi) is 4.89. The van der Waals surface area contributed by atoms with Crippen LogP contribution in [0.4, 0.5) is 0 Å². The summed E-state index contributed by atoms with van der Waals surface area (Å²) in [5, 5.41) is 10.9. The molecule has 0 aliphatic heterocycles. The zero-order valence-electron chi connectivity index (χ0n) is 15.0. The van der Waals surface area contributed by atoms with E-state index in [1.165, 1.54) is 0 Å². The molecule has 0 bridgehead atoms. The first-order valence-electron chi connectivity index (χ1n) is 8.87. The lowest BCUT2D eigenvalue weighted by atomic mass is 10.0. The van der Waals surface area contributed by atoms with Gasteiger partial charge in [0.25, 0.3) is 0 Å². The van der Waals surface area contributed by atoms with E-state index < -0.39 is 0 Å². The van der Waals surface area contributed by atoms with Crippen molar-refractivity contribution in [3.05, 3.63) is 96.3 Å². The van der Waals surface area contributed by atoms with Gasteiger partial charge >= 0.3 is 0 Å². The summed E-state index contributed by atoms with van der Waals surface area (Å²) < 4.78 is 5.59. The van der Waals surface area contributed by atoms with Crippen molar-refractivity contribution in [2.75, 3.05) is 6.61 Å². The number of hydrogen-bond acceptors (Lipinski definition) is 4. The number of ether oxygens (including phenoxy) is 1. The van der Waals surface area contributed by atoms with Gasteiger partial charge in [-0.05, 0) is 24.3 Å². The molecule has 0 aliphatic rings. The van der Waals surface area contributed by atoms with Gasteiger partial charge in [0, 0.05) is 5.56 Å². The highest BCUT2D eigenvalue weighted by molar-refractivity contribution is 6.26. The Bertz CT molecular complexity index is 1100. The summed E-state index contributed by atoms with van der Waals surface area (Å²) >= 11 is 0. The zero-order valence-corrected chi connectivity index (χ0v) is 15.0. The van der Waals surface area contributed by atoms with Gasteiger partial charge in [0.2, 0.25) is 5.78 Å². The number of imidazole rings is 1. The second-order valence-electron chi connectivity index (χ2n) is 6.22. The number of fused-ring (bicyclic) bond motifs is 1. The molecule has 5 heteroatoms. The van der Waals surface area contributed by atoms with Gasteiger partial charge in [0.15, 0.2) is 6.61 Å². The van der Waals surface area contributed by atoms with Crippen LogP contribution in [0.15, 0.2) is 84.9 Å². The topological polar surface area (TPSA) is 75.2 Å². The van der Waals surface area contributed by atoms with Gasteiger partial charge < -0.3 is 14.8 Å². The number of ketones is 1. The molecule has 0 amide bonds. The van der Waals surface area contributed by atoms with Crippen molar-refractivity contribution in [2.45, 2.75) is 0 Å². The zero-order chi connectivity index (χ0) is 19.3. The number of para-hydroxylation sites is 3. The molecule has 0 atom stereocenters. The standard InChI is InChI=1S/C23H18N2O3/c26-20(15-28-17-11-5-2-6-12-17)21(22(27)16-9-3-1-4-10-16)23-24-18-13-7-8-14-19(18)25-23/h1-14,27H,15H2,(H,24,25)/b22-21+. The number of carbonyl (C=O) groups is 1.